The summed E-state index contributed by atoms with van der Waals surface area (Å²) in [6.45, 7) is 0.793. The second-order valence-electron chi connectivity index (χ2n) is 4.29. The summed E-state index contributed by atoms with van der Waals surface area (Å²) in [4.78, 5) is 13.7. The topological polar surface area (TPSA) is 72.4 Å². The van der Waals surface area contributed by atoms with Crippen molar-refractivity contribution in [3.05, 3.63) is 50.7 Å². The third-order valence-corrected chi connectivity index (χ3v) is 3.79. The Morgan fingerprint density at radius 3 is 2.84 bits per heavy atom. The Balaban J connectivity index is 2.09. The molecule has 1 aromatic heterocycles. The van der Waals surface area contributed by atoms with Crippen molar-refractivity contribution in [2.24, 2.45) is 0 Å². The van der Waals surface area contributed by atoms with Gasteiger partial charge in [0.1, 0.15) is 0 Å². The molecule has 0 aliphatic heterocycles. The van der Waals surface area contributed by atoms with Crippen LogP contribution in [-0.2, 0) is 6.42 Å². The molecule has 0 atom stereocenters. The molecule has 6 heteroatoms. The van der Waals surface area contributed by atoms with Gasteiger partial charge in [-0.25, -0.2) is 0 Å². The zero-order valence-electron chi connectivity index (χ0n) is 10.6. The van der Waals surface area contributed by atoms with Gasteiger partial charge in [-0.15, -0.1) is 11.3 Å². The lowest BCUT2D eigenvalue weighted by Gasteiger charge is -2.19. The van der Waals surface area contributed by atoms with Gasteiger partial charge in [0, 0.05) is 42.0 Å². The summed E-state index contributed by atoms with van der Waals surface area (Å²) in [5.41, 5.74) is 6.90. The third kappa shape index (κ3) is 3.45. The molecule has 2 rings (SSSR count). The number of nitrogen functional groups attached to an aromatic ring is 1. The molecule has 0 amide bonds. The number of nitro groups is 1. The number of likely N-dealkylation sites (N-methyl/N-ethyl adjacent to an activating group) is 1. The predicted molar refractivity (Wildman–Crippen MR) is 78.8 cm³/mol. The fraction of sp³-hybridized carbons (Fsp3) is 0.231. The number of nitrogens with two attached hydrogens (primary N) is 1. The molecule has 19 heavy (non-hydrogen) atoms. The minimum atomic E-state index is -0.424. The lowest BCUT2D eigenvalue weighted by atomic mass is 10.2. The molecule has 5 nitrogen and oxygen atoms in total. The number of hydrogen-bond donors (Lipinski definition) is 1. The molecule has 1 aromatic carbocycles. The van der Waals surface area contributed by atoms with Crippen molar-refractivity contribution in [2.45, 2.75) is 6.42 Å². The summed E-state index contributed by atoms with van der Waals surface area (Å²) in [5.74, 6) is 0. The molecule has 0 bridgehead atoms. The summed E-state index contributed by atoms with van der Waals surface area (Å²) >= 11 is 1.71. The first kappa shape index (κ1) is 13.4. The number of rotatable bonds is 5. The van der Waals surface area contributed by atoms with E-state index in [4.69, 9.17) is 5.73 Å². The summed E-state index contributed by atoms with van der Waals surface area (Å²) in [6, 6.07) is 8.77. The standard InChI is InChI=1S/C13H15N3O2S/c1-15(5-4-13-3-2-6-19-13)11-7-10(14)8-12(9-11)16(17)18/h2-3,6-9H,4-5,14H2,1H3. The first-order valence-corrected chi connectivity index (χ1v) is 6.72. The highest BCUT2D eigenvalue weighted by Crippen LogP contribution is 2.25. The van der Waals surface area contributed by atoms with Gasteiger partial charge in [0.25, 0.3) is 5.69 Å². The maximum atomic E-state index is 10.8. The number of thiophene rings is 1. The van der Waals surface area contributed by atoms with Crippen LogP contribution in [0.1, 0.15) is 4.88 Å². The highest BCUT2D eigenvalue weighted by molar-refractivity contribution is 7.09. The van der Waals surface area contributed by atoms with Crippen LogP contribution in [0.2, 0.25) is 0 Å². The van der Waals surface area contributed by atoms with Crippen molar-refractivity contribution >= 4 is 28.4 Å². The van der Waals surface area contributed by atoms with Crippen LogP contribution in [0.15, 0.2) is 35.7 Å². The number of benzene rings is 1. The molecule has 0 aliphatic rings. The monoisotopic (exact) mass is 277 g/mol. The van der Waals surface area contributed by atoms with Crippen molar-refractivity contribution in [1.82, 2.24) is 0 Å². The van der Waals surface area contributed by atoms with E-state index in [1.165, 1.54) is 10.9 Å². The lowest BCUT2D eigenvalue weighted by molar-refractivity contribution is -0.384. The second kappa shape index (κ2) is 5.71. The van der Waals surface area contributed by atoms with Crippen LogP contribution in [0.5, 0.6) is 0 Å². The molecule has 0 fully saturated rings. The van der Waals surface area contributed by atoms with Gasteiger partial charge in [-0.3, -0.25) is 10.1 Å². The number of nitrogens with zero attached hydrogens (tertiary/aromatic N) is 2. The summed E-state index contributed by atoms with van der Waals surface area (Å²) in [5, 5.41) is 12.8. The minimum absolute atomic E-state index is 0.0259. The first-order chi connectivity index (χ1) is 9.06. The molecule has 0 saturated heterocycles. The molecule has 1 heterocycles. The Morgan fingerprint density at radius 1 is 1.42 bits per heavy atom. The van der Waals surface area contributed by atoms with Gasteiger partial charge in [0.05, 0.1) is 4.92 Å². The van der Waals surface area contributed by atoms with Crippen molar-refractivity contribution in [1.29, 1.82) is 0 Å². The fourth-order valence-corrected chi connectivity index (χ4v) is 2.50. The van der Waals surface area contributed by atoms with Crippen molar-refractivity contribution in [2.75, 3.05) is 24.2 Å². The smallest absolute Gasteiger partial charge is 0.273 e. The molecule has 0 unspecified atom stereocenters. The van der Waals surface area contributed by atoms with Crippen molar-refractivity contribution in [3.8, 4) is 0 Å². The van der Waals surface area contributed by atoms with E-state index < -0.39 is 4.92 Å². The number of hydrogen-bond acceptors (Lipinski definition) is 5. The Morgan fingerprint density at radius 2 is 2.21 bits per heavy atom. The molecule has 100 valence electrons. The number of non-ortho nitro benzene ring substituents is 1. The average molecular weight is 277 g/mol. The van der Waals surface area contributed by atoms with Crippen LogP contribution in [-0.4, -0.2) is 18.5 Å². The van der Waals surface area contributed by atoms with Crippen molar-refractivity contribution < 1.29 is 4.92 Å². The highest BCUT2D eigenvalue weighted by Gasteiger charge is 2.11. The van der Waals surface area contributed by atoms with E-state index in [0.717, 1.165) is 18.7 Å². The van der Waals surface area contributed by atoms with E-state index in [9.17, 15) is 10.1 Å². The zero-order chi connectivity index (χ0) is 13.8. The molecule has 0 aliphatic carbocycles. The third-order valence-electron chi connectivity index (χ3n) is 2.85. The fourth-order valence-electron chi connectivity index (χ4n) is 1.81. The van der Waals surface area contributed by atoms with E-state index in [0.29, 0.717) is 5.69 Å². The van der Waals surface area contributed by atoms with Crippen LogP contribution >= 0.6 is 11.3 Å². The van der Waals surface area contributed by atoms with Gasteiger partial charge in [0.15, 0.2) is 0 Å². The van der Waals surface area contributed by atoms with Crippen LogP contribution < -0.4 is 10.6 Å². The minimum Gasteiger partial charge on any atom is -0.398 e. The normalized spacial score (nSPS) is 10.4. The van der Waals surface area contributed by atoms with Gasteiger partial charge in [-0.05, 0) is 23.9 Å². The molecular weight excluding hydrogens is 262 g/mol. The Labute approximate surface area is 115 Å². The molecule has 0 spiro atoms. The molecule has 0 saturated carbocycles. The van der Waals surface area contributed by atoms with E-state index in [1.54, 1.807) is 23.5 Å². The van der Waals surface area contributed by atoms with Gasteiger partial charge >= 0.3 is 0 Å². The van der Waals surface area contributed by atoms with Gasteiger partial charge in [-0.2, -0.15) is 0 Å². The van der Waals surface area contributed by atoms with E-state index >= 15 is 0 Å². The van der Waals surface area contributed by atoms with Gasteiger partial charge in [0.2, 0.25) is 0 Å². The SMILES string of the molecule is CN(CCc1cccs1)c1cc(N)cc([N+](=O)[O-])c1. The highest BCUT2D eigenvalue weighted by atomic mass is 32.1. The Kier molecular flexibility index (Phi) is 4.01. The largest absolute Gasteiger partial charge is 0.398 e. The van der Waals surface area contributed by atoms with Gasteiger partial charge in [-0.1, -0.05) is 6.07 Å². The van der Waals surface area contributed by atoms with E-state index in [2.05, 4.69) is 6.07 Å². The van der Waals surface area contributed by atoms with Crippen LogP contribution in [0.25, 0.3) is 0 Å². The van der Waals surface area contributed by atoms with Crippen LogP contribution in [0.3, 0.4) is 0 Å². The zero-order valence-corrected chi connectivity index (χ0v) is 11.4. The summed E-state index contributed by atoms with van der Waals surface area (Å²) < 4.78 is 0. The molecule has 2 N–H and O–H groups in total. The quantitative estimate of drug-likeness (QED) is 0.518. The van der Waals surface area contributed by atoms with E-state index in [1.807, 2.05) is 23.4 Å². The van der Waals surface area contributed by atoms with Crippen molar-refractivity contribution in [3.63, 3.8) is 0 Å². The van der Waals surface area contributed by atoms with Crippen LogP contribution in [0.4, 0.5) is 17.1 Å². The second-order valence-corrected chi connectivity index (χ2v) is 5.32. The Bertz CT molecular complexity index is 569. The average Bonchev–Trinajstić information content (AvgIpc) is 2.88. The maximum absolute atomic E-state index is 10.8. The molecule has 2 aromatic rings. The first-order valence-electron chi connectivity index (χ1n) is 5.85. The summed E-state index contributed by atoms with van der Waals surface area (Å²) in [7, 11) is 1.91. The maximum Gasteiger partial charge on any atom is 0.273 e. The van der Waals surface area contributed by atoms with E-state index in [-0.39, 0.29) is 5.69 Å². The predicted octanol–water partition coefficient (Wildman–Crippen LogP) is 2.92. The molecule has 0 radical (unpaired) electrons. The summed E-state index contributed by atoms with van der Waals surface area (Å²) in [6.07, 6.45) is 0.913. The van der Waals surface area contributed by atoms with Gasteiger partial charge < -0.3 is 10.6 Å². The Hall–Kier alpha value is -2.08. The number of anilines is 2. The lowest BCUT2D eigenvalue weighted by Crippen LogP contribution is -2.20. The molecular formula is C13H15N3O2S. The number of nitro benzene ring substituents is 1. The van der Waals surface area contributed by atoms with Crippen LogP contribution in [0, 0.1) is 10.1 Å².